The van der Waals surface area contributed by atoms with Crippen LogP contribution in [-0.2, 0) is 14.6 Å². The van der Waals surface area contributed by atoms with Crippen molar-refractivity contribution in [1.29, 1.82) is 0 Å². The van der Waals surface area contributed by atoms with Gasteiger partial charge in [-0.15, -0.1) is 11.3 Å². The van der Waals surface area contributed by atoms with Gasteiger partial charge in [0.15, 0.2) is 15.7 Å². The number of benzene rings is 1. The normalized spacial score (nSPS) is 18.0. The Kier molecular flexibility index (Phi) is 6.40. The molecular formula is C21H23N3O3S3. The Bertz CT molecular complexity index is 1150. The topological polar surface area (TPSA) is 80.2 Å². The average Bonchev–Trinajstić information content (AvgIpc) is 3.39. The molecule has 2 aromatic heterocycles. The third-order valence-corrected chi connectivity index (χ3v) is 8.67. The second-order valence-corrected chi connectivity index (χ2v) is 11.4. The van der Waals surface area contributed by atoms with Crippen molar-refractivity contribution < 1.29 is 13.2 Å². The van der Waals surface area contributed by atoms with Gasteiger partial charge in [-0.3, -0.25) is 4.79 Å². The molecule has 9 heteroatoms. The Balaban J connectivity index is 1.57. The first-order valence-corrected chi connectivity index (χ1v) is 13.6. The van der Waals surface area contributed by atoms with E-state index in [1.807, 2.05) is 48.7 Å². The molecule has 0 aliphatic carbocycles. The number of fused-ring (bicyclic) bond motifs is 1. The minimum Gasteiger partial charge on any atom is -0.338 e. The van der Waals surface area contributed by atoms with Crippen molar-refractivity contribution in [2.45, 2.75) is 30.8 Å². The predicted molar refractivity (Wildman–Crippen MR) is 123 cm³/mol. The molecule has 0 spiro atoms. The Morgan fingerprint density at radius 3 is 2.77 bits per heavy atom. The van der Waals surface area contributed by atoms with Crippen LogP contribution in [-0.4, -0.2) is 59.0 Å². The van der Waals surface area contributed by atoms with Gasteiger partial charge in [0, 0.05) is 18.0 Å². The molecule has 1 saturated heterocycles. The van der Waals surface area contributed by atoms with Gasteiger partial charge in [0.1, 0.15) is 5.03 Å². The molecule has 0 bridgehead atoms. The van der Waals surface area contributed by atoms with Crippen LogP contribution in [0.5, 0.6) is 0 Å². The van der Waals surface area contributed by atoms with Gasteiger partial charge in [-0.2, -0.15) is 0 Å². The molecule has 30 heavy (non-hydrogen) atoms. The average molecular weight is 462 g/mol. The fraction of sp³-hybridized carbons (Fsp3) is 0.381. The quantitative estimate of drug-likeness (QED) is 0.392. The number of carbonyl (C=O) groups is 1. The van der Waals surface area contributed by atoms with Gasteiger partial charge >= 0.3 is 0 Å². The van der Waals surface area contributed by atoms with E-state index in [9.17, 15) is 13.2 Å². The van der Waals surface area contributed by atoms with Crippen LogP contribution in [0.15, 0.2) is 46.8 Å². The lowest BCUT2D eigenvalue weighted by molar-refractivity contribution is -0.130. The summed E-state index contributed by atoms with van der Waals surface area (Å²) in [5.41, 5.74) is 0.846. The van der Waals surface area contributed by atoms with E-state index in [-0.39, 0.29) is 29.2 Å². The van der Waals surface area contributed by atoms with E-state index >= 15 is 0 Å². The van der Waals surface area contributed by atoms with E-state index in [0.29, 0.717) is 18.8 Å². The van der Waals surface area contributed by atoms with Gasteiger partial charge < -0.3 is 4.90 Å². The number of rotatable bonds is 7. The Labute approximate surface area is 184 Å². The zero-order valence-corrected chi connectivity index (χ0v) is 19.1. The molecule has 0 N–H and O–H groups in total. The van der Waals surface area contributed by atoms with E-state index < -0.39 is 9.84 Å². The van der Waals surface area contributed by atoms with Crippen molar-refractivity contribution in [1.82, 2.24) is 14.9 Å². The van der Waals surface area contributed by atoms with Crippen LogP contribution in [0.25, 0.3) is 21.6 Å². The summed E-state index contributed by atoms with van der Waals surface area (Å²) in [5.74, 6) is 1.08. The van der Waals surface area contributed by atoms with Crippen LogP contribution >= 0.6 is 23.1 Å². The van der Waals surface area contributed by atoms with Crippen molar-refractivity contribution >= 4 is 49.7 Å². The van der Waals surface area contributed by atoms with Gasteiger partial charge in [-0.1, -0.05) is 43.0 Å². The van der Waals surface area contributed by atoms with Gasteiger partial charge in [0.25, 0.3) is 0 Å². The largest absolute Gasteiger partial charge is 0.338 e. The zero-order valence-electron chi connectivity index (χ0n) is 16.7. The van der Waals surface area contributed by atoms with Crippen LogP contribution in [0.3, 0.4) is 0 Å². The minimum atomic E-state index is -3.04. The fourth-order valence-corrected chi connectivity index (χ4v) is 6.95. The highest BCUT2D eigenvalue weighted by Crippen LogP contribution is 2.30. The van der Waals surface area contributed by atoms with E-state index in [1.165, 1.54) is 11.8 Å². The molecule has 3 aromatic rings. The molecule has 158 valence electrons. The van der Waals surface area contributed by atoms with E-state index in [4.69, 9.17) is 4.98 Å². The lowest BCUT2D eigenvalue weighted by atomic mass is 10.2. The number of hydrogen-bond donors (Lipinski definition) is 0. The van der Waals surface area contributed by atoms with Gasteiger partial charge in [0.05, 0.1) is 27.7 Å². The molecule has 6 nitrogen and oxygen atoms in total. The van der Waals surface area contributed by atoms with E-state index in [1.54, 1.807) is 16.2 Å². The van der Waals surface area contributed by atoms with Crippen LogP contribution in [0.2, 0.25) is 0 Å². The maximum atomic E-state index is 13.0. The van der Waals surface area contributed by atoms with Crippen LogP contribution in [0, 0.1) is 0 Å². The van der Waals surface area contributed by atoms with Gasteiger partial charge in [-0.05, 0) is 30.4 Å². The maximum Gasteiger partial charge on any atom is 0.233 e. The number of amides is 1. The summed E-state index contributed by atoms with van der Waals surface area (Å²) in [7, 11) is -3.04. The number of thiophene rings is 1. The monoisotopic (exact) mass is 461 g/mol. The standard InChI is InChI=1S/C21H23N3O3S3/c1-2-10-24(15-9-12-30(26,27)14-15)19(25)13-29-21-16-6-3-4-7-17(16)22-20(23-21)18-8-5-11-28-18/h3-8,11,15H,2,9-10,12-14H2,1H3. The molecule has 1 aromatic carbocycles. The number of hydrogen-bond acceptors (Lipinski definition) is 7. The number of thioether (sulfide) groups is 1. The number of aromatic nitrogens is 2. The van der Waals surface area contributed by atoms with Crippen LogP contribution in [0.4, 0.5) is 0 Å². The molecule has 1 atom stereocenters. The van der Waals surface area contributed by atoms with Crippen LogP contribution < -0.4 is 0 Å². The first-order chi connectivity index (χ1) is 14.5. The predicted octanol–water partition coefficient (Wildman–Crippen LogP) is 3.88. The summed E-state index contributed by atoms with van der Waals surface area (Å²) in [5, 5.41) is 3.68. The van der Waals surface area contributed by atoms with E-state index in [0.717, 1.165) is 27.2 Å². The molecule has 4 rings (SSSR count). The number of sulfone groups is 1. The third kappa shape index (κ3) is 4.68. The number of carbonyl (C=O) groups excluding carboxylic acids is 1. The summed E-state index contributed by atoms with van der Waals surface area (Å²) in [6.45, 7) is 2.58. The highest BCUT2D eigenvalue weighted by molar-refractivity contribution is 8.00. The summed E-state index contributed by atoms with van der Waals surface area (Å²) in [4.78, 5) is 25.2. The highest BCUT2D eigenvalue weighted by Gasteiger charge is 2.34. The lowest BCUT2D eigenvalue weighted by Crippen LogP contribution is -2.42. The molecule has 1 unspecified atom stereocenters. The molecular weight excluding hydrogens is 438 g/mol. The molecule has 1 aliphatic heterocycles. The second kappa shape index (κ2) is 9.03. The van der Waals surface area contributed by atoms with Gasteiger partial charge in [-0.25, -0.2) is 18.4 Å². The minimum absolute atomic E-state index is 0.0377. The molecule has 3 heterocycles. The van der Waals surface area contributed by atoms with Crippen molar-refractivity contribution in [3.05, 3.63) is 41.8 Å². The summed E-state index contributed by atoms with van der Waals surface area (Å²) in [6.07, 6.45) is 1.32. The molecule has 1 fully saturated rings. The second-order valence-electron chi connectivity index (χ2n) is 7.28. The lowest BCUT2D eigenvalue weighted by Gasteiger charge is -2.27. The highest BCUT2D eigenvalue weighted by atomic mass is 32.2. The molecule has 1 aliphatic rings. The zero-order chi connectivity index (χ0) is 21.1. The summed E-state index contributed by atoms with van der Waals surface area (Å²) < 4.78 is 23.8. The van der Waals surface area contributed by atoms with Gasteiger partial charge in [0.2, 0.25) is 5.91 Å². The van der Waals surface area contributed by atoms with Crippen LogP contribution in [0.1, 0.15) is 19.8 Å². The first kappa shape index (κ1) is 21.3. The fourth-order valence-electron chi connectivity index (χ4n) is 3.66. The molecule has 0 saturated carbocycles. The SMILES string of the molecule is CCCN(C(=O)CSc1nc(-c2cccs2)nc2ccccc12)C1CCS(=O)(=O)C1. The summed E-state index contributed by atoms with van der Waals surface area (Å²) in [6, 6.07) is 11.5. The Morgan fingerprint density at radius 2 is 2.07 bits per heavy atom. The van der Waals surface area contributed by atoms with Crippen molar-refractivity contribution in [2.75, 3.05) is 23.8 Å². The smallest absolute Gasteiger partial charge is 0.233 e. The first-order valence-electron chi connectivity index (χ1n) is 9.90. The van der Waals surface area contributed by atoms with Crippen molar-refractivity contribution in [3.8, 4) is 10.7 Å². The Morgan fingerprint density at radius 1 is 1.23 bits per heavy atom. The number of para-hydroxylation sites is 1. The summed E-state index contributed by atoms with van der Waals surface area (Å²) >= 11 is 2.97. The van der Waals surface area contributed by atoms with Crippen molar-refractivity contribution in [2.24, 2.45) is 0 Å². The third-order valence-electron chi connectivity index (χ3n) is 5.08. The molecule has 1 amide bonds. The van der Waals surface area contributed by atoms with Crippen molar-refractivity contribution in [3.63, 3.8) is 0 Å². The molecule has 0 radical (unpaired) electrons. The van der Waals surface area contributed by atoms with E-state index in [2.05, 4.69) is 4.98 Å². The number of nitrogens with zero attached hydrogens (tertiary/aromatic N) is 3. The Hall–Kier alpha value is -1.97. The maximum absolute atomic E-state index is 13.0.